The smallest absolute Gasteiger partial charge is 0.410 e. The second-order valence-corrected chi connectivity index (χ2v) is 28.5. The van der Waals surface area contributed by atoms with E-state index in [1.165, 1.54) is 22.3 Å². The van der Waals surface area contributed by atoms with Gasteiger partial charge in [0.1, 0.15) is 30.3 Å². The zero-order valence-corrected chi connectivity index (χ0v) is 60.6. The molecule has 12 rings (SSSR count). The van der Waals surface area contributed by atoms with Crippen LogP contribution in [0.5, 0.6) is 0 Å². The maximum Gasteiger partial charge on any atom is 0.410 e. The van der Waals surface area contributed by atoms with Crippen molar-refractivity contribution in [3.63, 3.8) is 0 Å². The lowest BCUT2D eigenvalue weighted by Crippen LogP contribution is -2.59. The molecule has 0 aromatic heterocycles. The van der Waals surface area contributed by atoms with Crippen LogP contribution in [0.4, 0.5) is 9.59 Å². The number of carbonyl (C=O) groups is 5. The minimum atomic E-state index is -0.516. The number of halogens is 1. The molecule has 0 aliphatic carbocycles. The predicted octanol–water partition coefficient (Wildman–Crippen LogP) is 3.22. The molecule has 0 bridgehead atoms. The number of nitrogens with one attached hydrogen (secondary N) is 3. The number of nitrogens with zero attached hydrogens (tertiary/aromatic N) is 9. The number of aliphatic hydroxyl groups is 4. The molecule has 5 amide bonds. The normalized spacial score (nSPS) is 23.1. The zero-order chi connectivity index (χ0) is 71.9. The van der Waals surface area contributed by atoms with Crippen LogP contribution in [-0.4, -0.2) is 318 Å². The number of amides is 5. The Hall–Kier alpha value is -6.40. The van der Waals surface area contributed by atoms with Crippen molar-refractivity contribution in [3.8, 4) is 0 Å². The molecule has 6 atom stereocenters. The molecule has 100 heavy (non-hydrogen) atoms. The first-order valence-corrected chi connectivity index (χ1v) is 35.9. The van der Waals surface area contributed by atoms with Gasteiger partial charge < -0.3 is 79.8 Å². The van der Waals surface area contributed by atoms with Gasteiger partial charge in [0.15, 0.2) is 0 Å². The molecule has 4 aromatic rings. The SMILES string of the molecule is CC(C)(C)OC(=O)N1CCN(Cc2ccccc2)C[C@H]1CO.CC(C)(C)OC(=O)N1CCNC[C@H]1CO.O=C(CCl)N1CCN(Cc2ccccc2)C[C@H]1CO.O=C1COC[C@@H]2CN(Cc3ccccc3)CCN12.O=C1COC[C@@H]2CNCCN12.OC[C@@H]1CN(Cc2ccccc2)CCN1. The summed E-state index contributed by atoms with van der Waals surface area (Å²) in [6, 6.07) is 41.6. The van der Waals surface area contributed by atoms with Crippen LogP contribution >= 0.6 is 11.6 Å². The summed E-state index contributed by atoms with van der Waals surface area (Å²) in [5.41, 5.74) is 4.16. The minimum Gasteiger partial charge on any atom is -0.444 e. The van der Waals surface area contributed by atoms with Crippen molar-refractivity contribution in [3.05, 3.63) is 144 Å². The van der Waals surface area contributed by atoms with Crippen LogP contribution in [0.25, 0.3) is 0 Å². The Morgan fingerprint density at radius 1 is 0.460 bits per heavy atom. The van der Waals surface area contributed by atoms with E-state index in [0.29, 0.717) is 52.5 Å². The Balaban J connectivity index is 0.000000170. The molecule has 8 aliphatic rings. The van der Waals surface area contributed by atoms with Crippen molar-refractivity contribution in [2.45, 2.75) is 115 Å². The fraction of sp³-hybridized carbons (Fsp3) is 0.608. The average molecular weight is 1410 g/mol. The lowest BCUT2D eigenvalue weighted by atomic mass is 10.1. The molecular formula is C74H113ClN12O13. The van der Waals surface area contributed by atoms with Gasteiger partial charge in [-0.15, -0.1) is 11.6 Å². The molecule has 7 N–H and O–H groups in total. The number of carbonyl (C=O) groups excluding carboxylic acids is 5. The van der Waals surface area contributed by atoms with Crippen LogP contribution in [0.15, 0.2) is 121 Å². The summed E-state index contributed by atoms with van der Waals surface area (Å²) < 4.78 is 21.1. The van der Waals surface area contributed by atoms with Gasteiger partial charge in [-0.25, -0.2) is 9.59 Å². The van der Waals surface area contributed by atoms with E-state index in [9.17, 15) is 34.2 Å². The fourth-order valence-electron chi connectivity index (χ4n) is 12.9. The summed E-state index contributed by atoms with van der Waals surface area (Å²) in [6.45, 7) is 31.1. The van der Waals surface area contributed by atoms with E-state index in [2.05, 4.69) is 108 Å². The standard InChI is InChI=1S/C17H26N2O3.C14H19ClN2O2.C14H18N2O2.C12H18N2O.C10H20N2O3.C7H12N2O2/c1-17(2,3)22-16(21)19-10-9-18(12-15(19)13-20)11-14-7-5-4-6-8-14;15-8-14(19)17-7-6-16(10-13(17)11-18)9-12-4-2-1-3-5-12;17-14-11-18-10-13-9-15(6-7-16(13)14)8-12-4-2-1-3-5-12;15-10-12-9-14(7-6-13-12)8-11-4-2-1-3-5-11;1-10(2,3)15-9(14)12-5-4-11-6-8(12)7-13;10-7-5-11-4-6-3-8-1-2-9(6)7/h4-8,15,20H,9-13H2,1-3H3;1-5,13,18H,6-11H2;1-5,13H,6-11H2;1-5,12-13,15H,6-10H2;8,11,13H,4-7H2,1-3H3;6,8H,1-5H2/t15-;2*13-;12-;8-;6-/m000000/s1. The zero-order valence-electron chi connectivity index (χ0n) is 59.8. The number of hydrogen-bond acceptors (Lipinski definition) is 20. The maximum absolute atomic E-state index is 12.2. The third kappa shape index (κ3) is 27.8. The Morgan fingerprint density at radius 2 is 0.860 bits per heavy atom. The van der Waals surface area contributed by atoms with E-state index < -0.39 is 11.2 Å². The predicted molar refractivity (Wildman–Crippen MR) is 385 cm³/mol. The van der Waals surface area contributed by atoms with Crippen molar-refractivity contribution < 1.29 is 63.3 Å². The van der Waals surface area contributed by atoms with Gasteiger partial charge in [0, 0.05) is 150 Å². The largest absolute Gasteiger partial charge is 0.444 e. The van der Waals surface area contributed by atoms with Gasteiger partial charge in [0.25, 0.3) is 0 Å². The van der Waals surface area contributed by atoms with Gasteiger partial charge >= 0.3 is 12.2 Å². The summed E-state index contributed by atoms with van der Waals surface area (Å²) in [5.74, 6) is 0.170. The molecular weight excluding hydrogens is 1300 g/mol. The van der Waals surface area contributed by atoms with E-state index in [4.69, 9.17) is 40.8 Å². The molecule has 0 saturated carbocycles. The summed E-state index contributed by atoms with van der Waals surface area (Å²) >= 11 is 5.59. The Kier molecular flexibility index (Phi) is 34.2. The monoisotopic (exact) mass is 1410 g/mol. The van der Waals surface area contributed by atoms with Crippen molar-refractivity contribution in [2.24, 2.45) is 0 Å². The van der Waals surface area contributed by atoms with Crippen LogP contribution in [-0.2, 0) is 59.5 Å². The number of benzene rings is 4. The highest BCUT2D eigenvalue weighted by Crippen LogP contribution is 2.21. The van der Waals surface area contributed by atoms with E-state index in [0.717, 1.165) is 105 Å². The Bertz CT molecular complexity index is 3020. The highest BCUT2D eigenvalue weighted by molar-refractivity contribution is 6.27. The Morgan fingerprint density at radius 3 is 1.31 bits per heavy atom. The number of morpholine rings is 2. The molecule has 0 unspecified atom stereocenters. The minimum absolute atomic E-state index is 0.0187. The van der Waals surface area contributed by atoms with Crippen molar-refractivity contribution in [1.29, 1.82) is 0 Å². The molecule has 8 aliphatic heterocycles. The van der Waals surface area contributed by atoms with Crippen LogP contribution in [0.1, 0.15) is 63.8 Å². The van der Waals surface area contributed by atoms with Gasteiger partial charge in [-0.2, -0.15) is 0 Å². The number of aliphatic hydroxyl groups excluding tert-OH is 4. The molecule has 26 heteroatoms. The number of fused-ring (bicyclic) bond motifs is 2. The molecule has 0 spiro atoms. The van der Waals surface area contributed by atoms with Gasteiger partial charge in [-0.05, 0) is 63.8 Å². The number of piperazine rings is 6. The van der Waals surface area contributed by atoms with E-state index in [1.54, 1.807) is 14.7 Å². The second kappa shape index (κ2) is 42.3. The first-order valence-electron chi connectivity index (χ1n) is 35.4. The van der Waals surface area contributed by atoms with Crippen molar-refractivity contribution >= 4 is 41.5 Å². The van der Waals surface area contributed by atoms with Gasteiger partial charge in [-0.1, -0.05) is 121 Å². The van der Waals surface area contributed by atoms with Gasteiger partial charge in [0.05, 0.1) is 69.9 Å². The lowest BCUT2D eigenvalue weighted by Gasteiger charge is -2.43. The topological polar surface area (TPSA) is 268 Å². The van der Waals surface area contributed by atoms with E-state index >= 15 is 0 Å². The maximum atomic E-state index is 12.2. The third-order valence-corrected chi connectivity index (χ3v) is 18.2. The highest BCUT2D eigenvalue weighted by atomic mass is 35.5. The number of hydrogen-bond donors (Lipinski definition) is 7. The third-order valence-electron chi connectivity index (χ3n) is 18.0. The summed E-state index contributed by atoms with van der Waals surface area (Å²) in [6.07, 6.45) is -0.686. The number of alkyl halides is 1. The van der Waals surface area contributed by atoms with Gasteiger partial charge in [-0.3, -0.25) is 34.0 Å². The lowest BCUT2D eigenvalue weighted by molar-refractivity contribution is -0.152. The van der Waals surface area contributed by atoms with E-state index in [-0.39, 0.29) is 112 Å². The summed E-state index contributed by atoms with van der Waals surface area (Å²) in [7, 11) is 0. The first-order chi connectivity index (χ1) is 48.2. The molecule has 8 heterocycles. The first kappa shape index (κ1) is 80.9. The quantitative estimate of drug-likeness (QED) is 0.0948. The molecule has 0 radical (unpaired) electrons. The van der Waals surface area contributed by atoms with Crippen LogP contribution in [0, 0.1) is 0 Å². The summed E-state index contributed by atoms with van der Waals surface area (Å²) in [4.78, 5) is 76.6. The summed E-state index contributed by atoms with van der Waals surface area (Å²) in [5, 5.41) is 46.9. The van der Waals surface area contributed by atoms with Crippen LogP contribution in [0.3, 0.4) is 0 Å². The van der Waals surface area contributed by atoms with E-state index in [1.807, 2.05) is 99.9 Å². The highest BCUT2D eigenvalue weighted by Gasteiger charge is 2.37. The van der Waals surface area contributed by atoms with Gasteiger partial charge in [0.2, 0.25) is 17.7 Å². The number of rotatable bonds is 13. The average Bonchev–Trinajstić information content (AvgIpc) is 0.861. The molecule has 25 nitrogen and oxygen atoms in total. The molecule has 554 valence electrons. The Labute approximate surface area is 597 Å². The molecule has 8 fully saturated rings. The van der Waals surface area contributed by atoms with Crippen LogP contribution < -0.4 is 16.0 Å². The van der Waals surface area contributed by atoms with Crippen molar-refractivity contribution in [1.82, 2.24) is 60.0 Å². The fourth-order valence-corrected chi connectivity index (χ4v) is 13.1. The molecule has 8 saturated heterocycles. The molecule has 4 aromatic carbocycles. The number of ether oxygens (including phenoxy) is 4. The van der Waals surface area contributed by atoms with Crippen LogP contribution in [0.2, 0.25) is 0 Å². The van der Waals surface area contributed by atoms with Crippen molar-refractivity contribution in [2.75, 3.05) is 177 Å². The second-order valence-electron chi connectivity index (χ2n) is 28.2.